The minimum atomic E-state index is -0.807. The average molecular weight is 361 g/mol. The van der Waals surface area contributed by atoms with Crippen LogP contribution in [0.25, 0.3) is 0 Å². The van der Waals surface area contributed by atoms with Crippen molar-refractivity contribution in [2.45, 2.75) is 31.2 Å². The number of fused-ring (bicyclic) bond motifs is 2. The highest BCUT2D eigenvalue weighted by molar-refractivity contribution is 6.30. The summed E-state index contributed by atoms with van der Waals surface area (Å²) >= 11 is 12.1. The van der Waals surface area contributed by atoms with Crippen LogP contribution < -0.4 is 0 Å². The molecular formula is C20H18Cl2O2. The van der Waals surface area contributed by atoms with E-state index in [1.54, 1.807) is 0 Å². The second kappa shape index (κ2) is 5.52. The number of hydrogen-bond acceptors (Lipinski definition) is 2. The molecule has 2 bridgehead atoms. The third-order valence-corrected chi connectivity index (χ3v) is 5.43. The largest absolute Gasteiger partial charge is 0.459 e. The molecule has 0 saturated carbocycles. The number of ether oxygens (including phenoxy) is 2. The standard InChI is InChI=1S/C20H18Cl2O2/c1-13-11-19(15-3-7-17(21)8-4-15)14(2)23-20(12-13,24-19)16-5-9-18(22)10-6-16/h3-10,13H,2,11-12H2,1H3/t13-,19+,20+/m1/s1. The Morgan fingerprint density at radius 3 is 2.04 bits per heavy atom. The minimum absolute atomic E-state index is 0.421. The lowest BCUT2D eigenvalue weighted by atomic mass is 9.79. The second-order valence-corrected chi connectivity index (χ2v) is 7.61. The Morgan fingerprint density at radius 1 is 0.917 bits per heavy atom. The predicted molar refractivity (Wildman–Crippen MR) is 96.0 cm³/mol. The van der Waals surface area contributed by atoms with Gasteiger partial charge in [0.15, 0.2) is 5.60 Å². The molecule has 3 atom stereocenters. The highest BCUT2D eigenvalue weighted by Gasteiger charge is 2.60. The Balaban J connectivity index is 1.81. The van der Waals surface area contributed by atoms with Gasteiger partial charge in [0.25, 0.3) is 0 Å². The molecule has 4 rings (SSSR count). The topological polar surface area (TPSA) is 18.5 Å². The summed E-state index contributed by atoms with van der Waals surface area (Å²) in [6.45, 7) is 6.41. The Hall–Kier alpha value is -1.48. The molecule has 24 heavy (non-hydrogen) atoms. The van der Waals surface area contributed by atoms with Gasteiger partial charge < -0.3 is 9.47 Å². The quantitative estimate of drug-likeness (QED) is 0.650. The number of benzene rings is 2. The van der Waals surface area contributed by atoms with Gasteiger partial charge in [-0.05, 0) is 42.2 Å². The van der Waals surface area contributed by atoms with E-state index in [4.69, 9.17) is 32.7 Å². The first-order valence-electron chi connectivity index (χ1n) is 8.04. The van der Waals surface area contributed by atoms with Gasteiger partial charge in [0.2, 0.25) is 5.79 Å². The zero-order valence-corrected chi connectivity index (χ0v) is 14.9. The minimum Gasteiger partial charge on any atom is -0.459 e. The Morgan fingerprint density at radius 2 is 1.46 bits per heavy atom. The molecule has 4 heteroatoms. The average Bonchev–Trinajstić information content (AvgIpc) is 2.76. The van der Waals surface area contributed by atoms with Crippen molar-refractivity contribution in [1.29, 1.82) is 0 Å². The predicted octanol–water partition coefficient (Wildman–Crippen LogP) is 6.03. The summed E-state index contributed by atoms with van der Waals surface area (Å²) in [7, 11) is 0. The molecule has 2 aliphatic rings. The normalized spacial score (nSPS) is 31.8. The molecule has 2 fully saturated rings. The smallest absolute Gasteiger partial charge is 0.238 e. The van der Waals surface area contributed by atoms with Crippen LogP contribution in [0.2, 0.25) is 10.0 Å². The van der Waals surface area contributed by atoms with Crippen LogP contribution in [0.4, 0.5) is 0 Å². The fraction of sp³-hybridized carbons (Fsp3) is 0.300. The summed E-state index contributed by atoms with van der Waals surface area (Å²) in [6.07, 6.45) is 1.62. The first-order chi connectivity index (χ1) is 11.4. The van der Waals surface area contributed by atoms with Gasteiger partial charge in [-0.25, -0.2) is 0 Å². The fourth-order valence-corrected chi connectivity index (χ4v) is 4.15. The molecule has 0 radical (unpaired) electrons. The van der Waals surface area contributed by atoms with Crippen molar-refractivity contribution in [1.82, 2.24) is 0 Å². The van der Waals surface area contributed by atoms with E-state index in [0.29, 0.717) is 21.7 Å². The number of hydrogen-bond donors (Lipinski definition) is 0. The lowest BCUT2D eigenvalue weighted by Gasteiger charge is -2.40. The van der Waals surface area contributed by atoms with Crippen molar-refractivity contribution in [3.63, 3.8) is 0 Å². The molecular weight excluding hydrogens is 343 g/mol. The van der Waals surface area contributed by atoms with Crippen LogP contribution in [0.15, 0.2) is 60.9 Å². The third-order valence-electron chi connectivity index (χ3n) is 4.93. The van der Waals surface area contributed by atoms with Crippen LogP contribution in [0.3, 0.4) is 0 Å². The van der Waals surface area contributed by atoms with E-state index in [-0.39, 0.29) is 0 Å². The maximum Gasteiger partial charge on any atom is 0.238 e. The first-order valence-corrected chi connectivity index (χ1v) is 8.80. The van der Waals surface area contributed by atoms with Crippen molar-refractivity contribution in [2.75, 3.05) is 0 Å². The summed E-state index contributed by atoms with van der Waals surface area (Å²) in [5.41, 5.74) is 1.36. The molecule has 0 amide bonds. The third kappa shape index (κ3) is 2.36. The van der Waals surface area contributed by atoms with Crippen molar-refractivity contribution in [3.8, 4) is 0 Å². The molecule has 2 aromatic rings. The molecule has 2 aliphatic heterocycles. The number of halogens is 2. The van der Waals surface area contributed by atoms with Gasteiger partial charge in [0.05, 0.1) is 0 Å². The van der Waals surface area contributed by atoms with Gasteiger partial charge in [-0.1, -0.05) is 61.0 Å². The zero-order valence-electron chi connectivity index (χ0n) is 13.4. The van der Waals surface area contributed by atoms with Crippen molar-refractivity contribution >= 4 is 23.2 Å². The van der Waals surface area contributed by atoms with Gasteiger partial charge in [0.1, 0.15) is 5.76 Å². The highest BCUT2D eigenvalue weighted by atomic mass is 35.5. The van der Waals surface area contributed by atoms with Crippen molar-refractivity contribution in [2.24, 2.45) is 5.92 Å². The van der Waals surface area contributed by atoms with Gasteiger partial charge in [0, 0.05) is 22.0 Å². The molecule has 124 valence electrons. The SMILES string of the molecule is C=C1O[C@@]2(c3ccc(Cl)cc3)C[C@H](C)C[C@]1(c1ccc(Cl)cc1)O2. The van der Waals surface area contributed by atoms with Gasteiger partial charge >= 0.3 is 0 Å². The molecule has 0 spiro atoms. The maximum absolute atomic E-state index is 6.60. The van der Waals surface area contributed by atoms with Crippen LogP contribution in [0.5, 0.6) is 0 Å². The molecule has 2 saturated heterocycles. The van der Waals surface area contributed by atoms with Crippen molar-refractivity contribution in [3.05, 3.63) is 82.0 Å². The molecule has 2 aromatic carbocycles. The molecule has 2 nitrogen and oxygen atoms in total. The molecule has 2 heterocycles. The molecule has 0 aliphatic carbocycles. The molecule has 0 unspecified atom stereocenters. The Labute approximate surface area is 152 Å². The monoisotopic (exact) mass is 360 g/mol. The summed E-state index contributed by atoms with van der Waals surface area (Å²) in [5.74, 6) is 0.271. The van der Waals surface area contributed by atoms with E-state index in [0.717, 1.165) is 24.0 Å². The van der Waals surface area contributed by atoms with E-state index in [1.165, 1.54) is 0 Å². The van der Waals surface area contributed by atoms with E-state index >= 15 is 0 Å². The summed E-state index contributed by atoms with van der Waals surface area (Å²) in [6, 6.07) is 15.4. The van der Waals surface area contributed by atoms with Gasteiger partial charge in [-0.2, -0.15) is 0 Å². The van der Waals surface area contributed by atoms with Crippen LogP contribution in [0.1, 0.15) is 30.9 Å². The number of rotatable bonds is 2. The van der Waals surface area contributed by atoms with Gasteiger partial charge in [-0.15, -0.1) is 0 Å². The summed E-state index contributed by atoms with van der Waals surface area (Å²) in [5, 5.41) is 1.40. The Kier molecular flexibility index (Phi) is 3.68. The van der Waals surface area contributed by atoms with Crippen LogP contribution >= 0.6 is 23.2 Å². The lowest BCUT2D eigenvalue weighted by molar-refractivity contribution is -0.234. The summed E-state index contributed by atoms with van der Waals surface area (Å²) in [4.78, 5) is 0. The molecule has 0 aromatic heterocycles. The van der Waals surface area contributed by atoms with Gasteiger partial charge in [-0.3, -0.25) is 0 Å². The molecule has 0 N–H and O–H groups in total. The van der Waals surface area contributed by atoms with Crippen LogP contribution in [0, 0.1) is 5.92 Å². The van der Waals surface area contributed by atoms with E-state index in [2.05, 4.69) is 13.5 Å². The van der Waals surface area contributed by atoms with E-state index in [1.807, 2.05) is 48.5 Å². The van der Waals surface area contributed by atoms with Crippen LogP contribution in [-0.2, 0) is 20.9 Å². The van der Waals surface area contributed by atoms with E-state index in [9.17, 15) is 0 Å². The Bertz CT molecular complexity index is 784. The fourth-order valence-electron chi connectivity index (χ4n) is 3.90. The van der Waals surface area contributed by atoms with Crippen molar-refractivity contribution < 1.29 is 9.47 Å². The second-order valence-electron chi connectivity index (χ2n) is 6.73. The van der Waals surface area contributed by atoms with Crippen LogP contribution in [-0.4, -0.2) is 0 Å². The summed E-state index contributed by atoms with van der Waals surface area (Å²) < 4.78 is 12.9. The highest BCUT2D eigenvalue weighted by Crippen LogP contribution is 2.59. The van der Waals surface area contributed by atoms with E-state index < -0.39 is 11.4 Å². The zero-order chi connectivity index (χ0) is 16.9. The maximum atomic E-state index is 6.60. The lowest BCUT2D eigenvalue weighted by Crippen LogP contribution is -2.40. The first kappa shape index (κ1) is 16.0.